The fraction of sp³-hybridized carbons (Fsp3) is 0.0769. The molecule has 2 rings (SSSR count). The minimum Gasteiger partial charge on any atom is -0.456 e. The van der Waals surface area contributed by atoms with Crippen molar-refractivity contribution in [2.24, 2.45) is 5.73 Å². The van der Waals surface area contributed by atoms with Gasteiger partial charge in [-0.25, -0.2) is 0 Å². The van der Waals surface area contributed by atoms with Crippen LogP contribution in [0.5, 0.6) is 11.5 Å². The Labute approximate surface area is 115 Å². The molecule has 2 N–H and O–H groups in total. The Bertz CT molecular complexity index is 572. The number of nitrogens with zero attached hydrogens (tertiary/aromatic N) is 1. The van der Waals surface area contributed by atoms with Crippen LogP contribution < -0.4 is 10.5 Å². The summed E-state index contributed by atoms with van der Waals surface area (Å²) < 4.78 is 5.82. The zero-order valence-electron chi connectivity index (χ0n) is 9.79. The molecule has 92 valence electrons. The molecular formula is C13H12N2OS2. The third-order valence-electron chi connectivity index (χ3n) is 2.28. The van der Waals surface area contributed by atoms with Gasteiger partial charge < -0.3 is 10.5 Å². The number of pyridine rings is 1. The predicted octanol–water partition coefficient (Wildman–Crippen LogP) is 3.23. The third kappa shape index (κ3) is 3.00. The molecule has 1 aromatic heterocycles. The second-order valence-corrected chi connectivity index (χ2v) is 4.78. The summed E-state index contributed by atoms with van der Waals surface area (Å²) in [7, 11) is 0. The monoisotopic (exact) mass is 276 g/mol. The summed E-state index contributed by atoms with van der Waals surface area (Å²) in [6.45, 7) is 0. The van der Waals surface area contributed by atoms with Crippen molar-refractivity contribution in [1.82, 2.24) is 4.98 Å². The van der Waals surface area contributed by atoms with Crippen molar-refractivity contribution in [3.8, 4) is 11.5 Å². The van der Waals surface area contributed by atoms with Gasteiger partial charge in [0, 0.05) is 17.2 Å². The molecule has 0 bridgehead atoms. The van der Waals surface area contributed by atoms with Gasteiger partial charge in [0.1, 0.15) is 22.2 Å². The van der Waals surface area contributed by atoms with Crippen LogP contribution in [-0.4, -0.2) is 16.2 Å². The van der Waals surface area contributed by atoms with Gasteiger partial charge in [0.05, 0.1) is 0 Å². The van der Waals surface area contributed by atoms with Gasteiger partial charge in [-0.1, -0.05) is 24.4 Å². The minimum absolute atomic E-state index is 0.263. The van der Waals surface area contributed by atoms with Gasteiger partial charge in [-0.15, -0.1) is 11.8 Å². The molecule has 2 aromatic rings. The van der Waals surface area contributed by atoms with Crippen LogP contribution in [0.2, 0.25) is 0 Å². The first-order valence-corrected chi connectivity index (χ1v) is 6.90. The van der Waals surface area contributed by atoms with E-state index in [0.29, 0.717) is 11.4 Å². The third-order valence-corrected chi connectivity index (χ3v) is 3.27. The van der Waals surface area contributed by atoms with Crippen molar-refractivity contribution in [2.45, 2.75) is 4.90 Å². The molecule has 5 heteroatoms. The molecule has 0 atom stereocenters. The Morgan fingerprint density at radius 1 is 1.33 bits per heavy atom. The average molecular weight is 276 g/mol. The van der Waals surface area contributed by atoms with Gasteiger partial charge in [0.2, 0.25) is 0 Å². The number of ether oxygens (including phenoxy) is 1. The zero-order chi connectivity index (χ0) is 13.0. The molecule has 18 heavy (non-hydrogen) atoms. The molecule has 0 saturated carbocycles. The predicted molar refractivity (Wildman–Crippen MR) is 78.4 cm³/mol. The van der Waals surface area contributed by atoms with Gasteiger partial charge in [-0.05, 0) is 24.5 Å². The first-order valence-electron chi connectivity index (χ1n) is 5.27. The molecule has 0 aliphatic rings. The summed E-state index contributed by atoms with van der Waals surface area (Å²) in [6.07, 6.45) is 3.64. The lowest BCUT2D eigenvalue weighted by Gasteiger charge is -2.09. The fourth-order valence-electron chi connectivity index (χ4n) is 1.44. The Morgan fingerprint density at radius 3 is 2.83 bits per heavy atom. The molecule has 1 heterocycles. The largest absolute Gasteiger partial charge is 0.456 e. The van der Waals surface area contributed by atoms with Crippen LogP contribution in [-0.2, 0) is 0 Å². The van der Waals surface area contributed by atoms with E-state index >= 15 is 0 Å². The van der Waals surface area contributed by atoms with Crippen LogP contribution in [0.4, 0.5) is 0 Å². The SMILES string of the molecule is CSc1ccccc1Oc1ccnc(C(N)=S)c1. The van der Waals surface area contributed by atoms with E-state index in [9.17, 15) is 0 Å². The van der Waals surface area contributed by atoms with E-state index in [0.717, 1.165) is 10.6 Å². The quantitative estimate of drug-likeness (QED) is 0.686. The molecule has 0 radical (unpaired) electrons. The molecule has 0 saturated heterocycles. The number of aromatic nitrogens is 1. The number of nitrogens with two attached hydrogens (primary N) is 1. The summed E-state index contributed by atoms with van der Waals surface area (Å²) in [4.78, 5) is 5.41. The van der Waals surface area contributed by atoms with E-state index < -0.39 is 0 Å². The lowest BCUT2D eigenvalue weighted by atomic mass is 10.3. The highest BCUT2D eigenvalue weighted by molar-refractivity contribution is 7.98. The molecule has 3 nitrogen and oxygen atoms in total. The number of hydrogen-bond donors (Lipinski definition) is 1. The van der Waals surface area contributed by atoms with Crippen LogP contribution in [0.3, 0.4) is 0 Å². The maximum atomic E-state index is 5.82. The molecule has 0 spiro atoms. The van der Waals surface area contributed by atoms with Crippen molar-refractivity contribution < 1.29 is 4.74 Å². The lowest BCUT2D eigenvalue weighted by Crippen LogP contribution is -2.11. The van der Waals surface area contributed by atoms with Gasteiger partial charge in [0.25, 0.3) is 0 Å². The number of hydrogen-bond acceptors (Lipinski definition) is 4. The number of thioether (sulfide) groups is 1. The molecule has 0 fully saturated rings. The number of benzene rings is 1. The van der Waals surface area contributed by atoms with E-state index in [1.807, 2.05) is 30.5 Å². The molecule has 0 aliphatic carbocycles. The molecule has 0 amide bonds. The van der Waals surface area contributed by atoms with E-state index in [4.69, 9.17) is 22.7 Å². The van der Waals surface area contributed by atoms with Gasteiger partial charge >= 0.3 is 0 Å². The Kier molecular flexibility index (Phi) is 4.17. The number of thiocarbonyl (C=S) groups is 1. The molecule has 1 aromatic carbocycles. The lowest BCUT2D eigenvalue weighted by molar-refractivity contribution is 0.470. The van der Waals surface area contributed by atoms with Crippen LogP contribution in [0.15, 0.2) is 47.5 Å². The Morgan fingerprint density at radius 2 is 2.11 bits per heavy atom. The molecular weight excluding hydrogens is 264 g/mol. The summed E-state index contributed by atoms with van der Waals surface area (Å²) >= 11 is 6.52. The topological polar surface area (TPSA) is 48.1 Å². The second-order valence-electron chi connectivity index (χ2n) is 3.49. The molecule has 0 aliphatic heterocycles. The highest BCUT2D eigenvalue weighted by Crippen LogP contribution is 2.31. The average Bonchev–Trinajstić information content (AvgIpc) is 2.39. The van der Waals surface area contributed by atoms with Crippen molar-refractivity contribution in [3.05, 3.63) is 48.3 Å². The van der Waals surface area contributed by atoms with Crippen molar-refractivity contribution in [1.29, 1.82) is 0 Å². The summed E-state index contributed by atoms with van der Waals surface area (Å²) in [5.41, 5.74) is 6.10. The smallest absolute Gasteiger partial charge is 0.140 e. The van der Waals surface area contributed by atoms with Crippen molar-refractivity contribution in [2.75, 3.05) is 6.26 Å². The normalized spacial score (nSPS) is 10.1. The first kappa shape index (κ1) is 12.9. The Hall–Kier alpha value is -1.59. The maximum absolute atomic E-state index is 5.82. The minimum atomic E-state index is 0.263. The highest BCUT2D eigenvalue weighted by atomic mass is 32.2. The van der Waals surface area contributed by atoms with Gasteiger partial charge in [-0.3, -0.25) is 4.98 Å². The number of para-hydroxylation sites is 1. The van der Waals surface area contributed by atoms with Crippen LogP contribution >= 0.6 is 24.0 Å². The van der Waals surface area contributed by atoms with E-state index in [1.54, 1.807) is 30.1 Å². The molecule has 0 unspecified atom stereocenters. The summed E-state index contributed by atoms with van der Waals surface area (Å²) in [5, 5.41) is 0. The van der Waals surface area contributed by atoms with Crippen LogP contribution in [0.25, 0.3) is 0 Å². The van der Waals surface area contributed by atoms with Crippen molar-refractivity contribution >= 4 is 29.0 Å². The van der Waals surface area contributed by atoms with Gasteiger partial charge in [0.15, 0.2) is 0 Å². The standard InChI is InChI=1S/C13H12N2OS2/c1-18-12-5-3-2-4-11(12)16-9-6-7-15-10(8-9)13(14)17/h2-8H,1H3,(H2,14,17). The number of rotatable bonds is 4. The summed E-state index contributed by atoms with van der Waals surface area (Å²) in [5.74, 6) is 1.49. The van der Waals surface area contributed by atoms with E-state index in [-0.39, 0.29) is 4.99 Å². The fourth-order valence-corrected chi connectivity index (χ4v) is 2.08. The van der Waals surface area contributed by atoms with E-state index in [2.05, 4.69) is 4.98 Å². The van der Waals surface area contributed by atoms with Gasteiger partial charge in [-0.2, -0.15) is 0 Å². The van der Waals surface area contributed by atoms with Crippen LogP contribution in [0, 0.1) is 0 Å². The Balaban J connectivity index is 2.28. The van der Waals surface area contributed by atoms with E-state index in [1.165, 1.54) is 0 Å². The van der Waals surface area contributed by atoms with Crippen LogP contribution in [0.1, 0.15) is 5.69 Å². The second kappa shape index (κ2) is 5.84. The zero-order valence-corrected chi connectivity index (χ0v) is 11.4. The first-order chi connectivity index (χ1) is 8.70. The van der Waals surface area contributed by atoms with Crippen molar-refractivity contribution in [3.63, 3.8) is 0 Å². The summed E-state index contributed by atoms with van der Waals surface area (Å²) in [6, 6.07) is 11.4. The maximum Gasteiger partial charge on any atom is 0.140 e. The highest BCUT2D eigenvalue weighted by Gasteiger charge is 2.05.